The van der Waals surface area contributed by atoms with Crippen molar-refractivity contribution >= 4 is 5.65 Å². The van der Waals surface area contributed by atoms with E-state index in [1.807, 2.05) is 23.1 Å². The van der Waals surface area contributed by atoms with Gasteiger partial charge < -0.3 is 4.74 Å². The zero-order valence-corrected chi connectivity index (χ0v) is 17.1. The molecule has 6 nitrogen and oxygen atoms in total. The van der Waals surface area contributed by atoms with Gasteiger partial charge in [-0.1, -0.05) is 6.07 Å². The molecule has 0 bridgehead atoms. The maximum Gasteiger partial charge on any atom is 0.420 e. The molecule has 5 rings (SSSR count). The number of fused-ring (bicyclic) bond motifs is 1. The van der Waals surface area contributed by atoms with Crippen molar-refractivity contribution in [3.05, 3.63) is 53.6 Å². The standard InChI is InChI=1S/C22H24F3N5O/c23-22(24,25)20-16(6-12-30-18(13-15-4-5-15)27-28-21(20)30)14-29-10-7-17(8-11-29)31-19-3-1-2-9-26-19/h1-3,6,9,12,15,17H,4-5,7-8,10-11,13-14H2. The number of rotatable bonds is 6. The molecule has 0 N–H and O–H groups in total. The minimum atomic E-state index is -4.48. The van der Waals surface area contributed by atoms with Gasteiger partial charge in [-0.05, 0) is 49.3 Å². The second kappa shape index (κ2) is 8.11. The molecule has 1 saturated carbocycles. The lowest BCUT2D eigenvalue weighted by atomic mass is 10.0. The van der Waals surface area contributed by atoms with Crippen LogP contribution in [0.1, 0.15) is 42.6 Å². The molecule has 0 amide bonds. The van der Waals surface area contributed by atoms with E-state index in [4.69, 9.17) is 4.74 Å². The predicted molar refractivity (Wildman–Crippen MR) is 108 cm³/mol. The van der Waals surface area contributed by atoms with E-state index in [0.29, 0.717) is 37.1 Å². The van der Waals surface area contributed by atoms with Crippen molar-refractivity contribution in [1.29, 1.82) is 0 Å². The summed E-state index contributed by atoms with van der Waals surface area (Å²) in [6.45, 7) is 1.56. The highest BCUT2D eigenvalue weighted by molar-refractivity contribution is 5.53. The Morgan fingerprint density at radius 2 is 1.84 bits per heavy atom. The fourth-order valence-corrected chi connectivity index (χ4v) is 4.22. The molecular formula is C22H24F3N5O. The second-order valence-electron chi connectivity index (χ2n) is 8.43. The third-order valence-corrected chi connectivity index (χ3v) is 6.04. The normalized spacial score (nSPS) is 18.5. The lowest BCUT2D eigenvalue weighted by Gasteiger charge is -2.32. The molecule has 3 aromatic rings. The first-order valence-corrected chi connectivity index (χ1v) is 10.7. The molecule has 9 heteroatoms. The molecule has 2 aliphatic rings. The van der Waals surface area contributed by atoms with Gasteiger partial charge in [-0.2, -0.15) is 13.2 Å². The first kappa shape index (κ1) is 20.2. The molecule has 0 radical (unpaired) electrons. The SMILES string of the molecule is FC(F)(F)c1c(CN2CCC(Oc3ccccn3)CC2)ccn2c(CC3CC3)nnc12. The number of hydrogen-bond donors (Lipinski definition) is 0. The Morgan fingerprint density at radius 1 is 1.03 bits per heavy atom. The van der Waals surface area contributed by atoms with Crippen LogP contribution in [-0.2, 0) is 19.1 Å². The summed E-state index contributed by atoms with van der Waals surface area (Å²) in [5, 5.41) is 7.99. The van der Waals surface area contributed by atoms with Crippen LogP contribution < -0.4 is 4.74 Å². The summed E-state index contributed by atoms with van der Waals surface area (Å²) in [4.78, 5) is 6.22. The number of nitrogens with zero attached hydrogens (tertiary/aromatic N) is 5. The van der Waals surface area contributed by atoms with Gasteiger partial charge in [0, 0.05) is 44.5 Å². The van der Waals surface area contributed by atoms with Gasteiger partial charge in [-0.25, -0.2) is 4.98 Å². The van der Waals surface area contributed by atoms with Gasteiger partial charge in [0.2, 0.25) is 5.88 Å². The number of aromatic nitrogens is 4. The van der Waals surface area contributed by atoms with E-state index >= 15 is 0 Å². The Labute approximate surface area is 178 Å². The van der Waals surface area contributed by atoms with Crippen molar-refractivity contribution in [2.45, 2.75) is 50.9 Å². The molecule has 2 fully saturated rings. The van der Waals surface area contributed by atoms with Gasteiger partial charge in [0.25, 0.3) is 0 Å². The Morgan fingerprint density at radius 3 is 2.52 bits per heavy atom. The highest BCUT2D eigenvalue weighted by Crippen LogP contribution is 2.37. The van der Waals surface area contributed by atoms with E-state index in [2.05, 4.69) is 15.2 Å². The quantitative estimate of drug-likeness (QED) is 0.587. The summed E-state index contributed by atoms with van der Waals surface area (Å²) in [6.07, 6.45) is 3.31. The molecule has 0 aromatic carbocycles. The Kier molecular flexibility index (Phi) is 5.29. The highest BCUT2D eigenvalue weighted by atomic mass is 19.4. The van der Waals surface area contributed by atoms with Crippen LogP contribution in [0.25, 0.3) is 5.65 Å². The predicted octanol–water partition coefficient (Wildman–Crippen LogP) is 4.14. The third kappa shape index (κ3) is 4.51. The summed E-state index contributed by atoms with van der Waals surface area (Å²) in [7, 11) is 0. The number of halogens is 3. The summed E-state index contributed by atoms with van der Waals surface area (Å²) in [5.41, 5.74) is -0.514. The third-order valence-electron chi connectivity index (χ3n) is 6.04. The van der Waals surface area contributed by atoms with Crippen molar-refractivity contribution < 1.29 is 17.9 Å². The van der Waals surface area contributed by atoms with Crippen molar-refractivity contribution in [3.8, 4) is 5.88 Å². The van der Waals surface area contributed by atoms with E-state index in [9.17, 15) is 13.2 Å². The lowest BCUT2D eigenvalue weighted by Crippen LogP contribution is -2.38. The first-order chi connectivity index (χ1) is 15.0. The number of piperidine rings is 1. The largest absolute Gasteiger partial charge is 0.474 e. The monoisotopic (exact) mass is 431 g/mol. The number of pyridine rings is 2. The van der Waals surface area contributed by atoms with Crippen LogP contribution in [0.2, 0.25) is 0 Å². The molecule has 0 atom stereocenters. The number of alkyl halides is 3. The maximum atomic E-state index is 14.0. The summed E-state index contributed by atoms with van der Waals surface area (Å²) in [6, 6.07) is 7.08. The zero-order chi connectivity index (χ0) is 21.4. The maximum absolute atomic E-state index is 14.0. The lowest BCUT2D eigenvalue weighted by molar-refractivity contribution is -0.137. The van der Waals surface area contributed by atoms with Crippen molar-refractivity contribution in [2.24, 2.45) is 5.92 Å². The first-order valence-electron chi connectivity index (χ1n) is 10.7. The minimum Gasteiger partial charge on any atom is -0.474 e. The smallest absolute Gasteiger partial charge is 0.420 e. The number of hydrogen-bond acceptors (Lipinski definition) is 5. The molecule has 0 spiro atoms. The van der Waals surface area contributed by atoms with Gasteiger partial charge in [0.15, 0.2) is 5.65 Å². The van der Waals surface area contributed by atoms with Crippen LogP contribution in [0.5, 0.6) is 5.88 Å². The molecule has 164 valence electrons. The average Bonchev–Trinajstić information content (AvgIpc) is 3.48. The van der Waals surface area contributed by atoms with Gasteiger partial charge in [-0.3, -0.25) is 9.30 Å². The summed E-state index contributed by atoms with van der Waals surface area (Å²) in [5.74, 6) is 1.72. The molecule has 1 saturated heterocycles. The van der Waals surface area contributed by atoms with Crippen molar-refractivity contribution in [2.75, 3.05) is 13.1 Å². The molecular weight excluding hydrogens is 407 g/mol. The minimum absolute atomic E-state index is 0.0252. The molecule has 1 aliphatic heterocycles. The number of ether oxygens (including phenoxy) is 1. The van der Waals surface area contributed by atoms with Gasteiger partial charge in [-0.15, -0.1) is 10.2 Å². The van der Waals surface area contributed by atoms with Crippen LogP contribution in [0, 0.1) is 5.92 Å². The Balaban J connectivity index is 1.31. The van der Waals surface area contributed by atoms with E-state index in [1.165, 1.54) is 4.40 Å². The molecule has 1 aliphatic carbocycles. The van der Waals surface area contributed by atoms with Crippen molar-refractivity contribution in [3.63, 3.8) is 0 Å². The fraction of sp³-hybridized carbons (Fsp3) is 0.500. The van der Waals surface area contributed by atoms with E-state index in [0.717, 1.165) is 25.7 Å². The topological polar surface area (TPSA) is 55.5 Å². The van der Waals surface area contributed by atoms with E-state index in [1.54, 1.807) is 18.5 Å². The van der Waals surface area contributed by atoms with Gasteiger partial charge >= 0.3 is 6.18 Å². The van der Waals surface area contributed by atoms with Crippen LogP contribution in [0.15, 0.2) is 36.7 Å². The van der Waals surface area contributed by atoms with E-state index < -0.39 is 11.7 Å². The molecule has 31 heavy (non-hydrogen) atoms. The Bertz CT molecular complexity index is 1040. The zero-order valence-electron chi connectivity index (χ0n) is 17.1. The van der Waals surface area contributed by atoms with Gasteiger partial charge in [0.1, 0.15) is 17.5 Å². The summed E-state index contributed by atoms with van der Waals surface area (Å²) < 4.78 is 49.4. The van der Waals surface area contributed by atoms with Crippen LogP contribution >= 0.6 is 0 Å². The molecule has 4 heterocycles. The molecule has 0 unspecified atom stereocenters. The van der Waals surface area contributed by atoms with Crippen LogP contribution in [0.3, 0.4) is 0 Å². The Hall–Kier alpha value is -2.68. The van der Waals surface area contributed by atoms with Crippen LogP contribution in [0.4, 0.5) is 13.2 Å². The molecule has 3 aromatic heterocycles. The van der Waals surface area contributed by atoms with Crippen LogP contribution in [-0.4, -0.2) is 43.7 Å². The van der Waals surface area contributed by atoms with Gasteiger partial charge in [0.05, 0.1) is 0 Å². The fourth-order valence-electron chi connectivity index (χ4n) is 4.22. The average molecular weight is 431 g/mol. The number of likely N-dealkylation sites (tertiary alicyclic amines) is 1. The summed E-state index contributed by atoms with van der Waals surface area (Å²) >= 11 is 0. The second-order valence-corrected chi connectivity index (χ2v) is 8.43. The van der Waals surface area contributed by atoms with E-state index in [-0.39, 0.29) is 23.9 Å². The van der Waals surface area contributed by atoms with Crippen molar-refractivity contribution in [1.82, 2.24) is 24.5 Å². The highest BCUT2D eigenvalue weighted by Gasteiger charge is 2.38.